The summed E-state index contributed by atoms with van der Waals surface area (Å²) in [6.45, 7) is 9.95. The first-order valence-electron chi connectivity index (χ1n) is 13.3. The third-order valence-electron chi connectivity index (χ3n) is 8.57. The van der Waals surface area contributed by atoms with Gasteiger partial charge in [0.1, 0.15) is 28.9 Å². The average Bonchev–Trinajstić information content (AvgIpc) is 2.84. The van der Waals surface area contributed by atoms with Gasteiger partial charge in [-0.2, -0.15) is 0 Å². The molecule has 1 saturated carbocycles. The van der Waals surface area contributed by atoms with E-state index in [2.05, 4.69) is 0 Å². The summed E-state index contributed by atoms with van der Waals surface area (Å²) in [5.74, 6) is -8.66. The van der Waals surface area contributed by atoms with Crippen LogP contribution in [0.5, 0.6) is 5.75 Å². The smallest absolute Gasteiger partial charge is 0.305 e. The topological polar surface area (TPSA) is 162 Å². The lowest BCUT2D eigenvalue weighted by molar-refractivity contribution is -0.185. The molecule has 0 bridgehead atoms. The zero-order valence-corrected chi connectivity index (χ0v) is 24.0. The molecule has 1 aromatic carbocycles. The highest BCUT2D eigenvalue weighted by atomic mass is 16.5. The second kappa shape index (κ2) is 9.55. The number of likely N-dealkylation sites (N-methyl/N-ethyl adjacent to an activating group) is 1. The maximum absolute atomic E-state index is 14.3. The third kappa shape index (κ3) is 3.91. The van der Waals surface area contributed by atoms with Crippen molar-refractivity contribution in [3.8, 4) is 5.75 Å². The predicted molar refractivity (Wildman–Crippen MR) is 145 cm³/mol. The van der Waals surface area contributed by atoms with Crippen LogP contribution in [0, 0.1) is 11.8 Å². The van der Waals surface area contributed by atoms with Gasteiger partial charge < -0.3 is 25.2 Å². The summed E-state index contributed by atoms with van der Waals surface area (Å²) in [6, 6.07) is 2.14. The van der Waals surface area contributed by atoms with Crippen LogP contribution in [-0.2, 0) is 29.3 Å². The fraction of sp³-hybridized carbons (Fsp3) is 0.533. The quantitative estimate of drug-likeness (QED) is 0.321. The number of ketones is 3. The van der Waals surface area contributed by atoms with Crippen molar-refractivity contribution in [2.45, 2.75) is 77.0 Å². The maximum atomic E-state index is 14.3. The van der Waals surface area contributed by atoms with Gasteiger partial charge in [0.25, 0.3) is 0 Å². The van der Waals surface area contributed by atoms with Crippen LogP contribution in [0.3, 0.4) is 0 Å². The Morgan fingerprint density at radius 2 is 1.70 bits per heavy atom. The molecule has 0 radical (unpaired) electrons. The lowest BCUT2D eigenvalue weighted by atomic mass is 9.54. The van der Waals surface area contributed by atoms with E-state index >= 15 is 0 Å². The molecular weight excluding hydrogens is 518 g/mol. The number of aliphatic hydroxyl groups excluding tert-OH is 2. The molecular formula is C30H37NO9. The van der Waals surface area contributed by atoms with Crippen molar-refractivity contribution in [2.75, 3.05) is 14.1 Å². The summed E-state index contributed by atoms with van der Waals surface area (Å²) in [6.07, 6.45) is -1.43. The highest BCUT2D eigenvalue weighted by Gasteiger charge is 2.69. The van der Waals surface area contributed by atoms with Crippen LogP contribution < -0.4 is 0 Å². The number of hydrogen-bond acceptors (Lipinski definition) is 10. The number of aliphatic hydroxyl groups is 3. The monoisotopic (exact) mass is 555 g/mol. The van der Waals surface area contributed by atoms with E-state index in [0.717, 1.165) is 6.92 Å². The molecule has 10 heteroatoms. The van der Waals surface area contributed by atoms with Gasteiger partial charge in [-0.15, -0.1) is 0 Å². The lowest BCUT2D eigenvalue weighted by Gasteiger charge is -2.54. The number of benzene rings is 1. The Labute approximate surface area is 232 Å². The average molecular weight is 556 g/mol. The Hall–Kier alpha value is -3.50. The predicted octanol–water partition coefficient (Wildman–Crippen LogP) is 2.86. The number of Topliss-reactive ketones (excluding diaryl/α,β-unsaturated/α-hetero) is 3. The van der Waals surface area contributed by atoms with Crippen LogP contribution in [0.4, 0.5) is 0 Å². The molecule has 0 saturated heterocycles. The van der Waals surface area contributed by atoms with Gasteiger partial charge in [-0.1, -0.05) is 46.8 Å². The van der Waals surface area contributed by atoms with Gasteiger partial charge >= 0.3 is 5.97 Å². The molecule has 40 heavy (non-hydrogen) atoms. The second-order valence-electron chi connectivity index (χ2n) is 12.2. The third-order valence-corrected chi connectivity index (χ3v) is 8.57. The molecule has 216 valence electrons. The molecule has 0 heterocycles. The molecule has 3 aliphatic rings. The van der Waals surface area contributed by atoms with Gasteiger partial charge in [0.2, 0.25) is 5.78 Å². The van der Waals surface area contributed by atoms with Crippen molar-refractivity contribution in [1.29, 1.82) is 0 Å². The molecule has 10 nitrogen and oxygen atoms in total. The number of aromatic hydroxyl groups is 1. The summed E-state index contributed by atoms with van der Waals surface area (Å²) in [7, 11) is 3.03. The molecule has 4 rings (SSSR count). The molecule has 1 fully saturated rings. The van der Waals surface area contributed by atoms with Crippen molar-refractivity contribution in [2.24, 2.45) is 11.8 Å². The number of ether oxygens (including phenoxy) is 1. The first-order valence-corrected chi connectivity index (χ1v) is 13.3. The van der Waals surface area contributed by atoms with E-state index in [1.165, 1.54) is 19.0 Å². The summed E-state index contributed by atoms with van der Waals surface area (Å²) >= 11 is 0. The lowest BCUT2D eigenvalue weighted by Crippen LogP contribution is -2.70. The Balaban J connectivity index is 2.13. The number of fused-ring (bicyclic) bond motifs is 3. The van der Waals surface area contributed by atoms with Gasteiger partial charge in [-0.25, -0.2) is 0 Å². The Morgan fingerprint density at radius 3 is 2.20 bits per heavy atom. The van der Waals surface area contributed by atoms with E-state index < -0.39 is 81.3 Å². The summed E-state index contributed by atoms with van der Waals surface area (Å²) in [5.41, 5.74) is -3.48. The van der Waals surface area contributed by atoms with Crippen LogP contribution in [0.15, 0.2) is 29.0 Å². The minimum Gasteiger partial charge on any atom is -0.508 e. The zero-order chi connectivity index (χ0) is 30.2. The minimum atomic E-state index is -2.88. The van der Waals surface area contributed by atoms with Gasteiger partial charge in [0.15, 0.2) is 17.2 Å². The summed E-state index contributed by atoms with van der Waals surface area (Å²) in [4.78, 5) is 54.5. The Bertz CT molecular complexity index is 1400. The maximum Gasteiger partial charge on any atom is 0.305 e. The largest absolute Gasteiger partial charge is 0.508 e. The first kappa shape index (κ1) is 29.5. The highest BCUT2D eigenvalue weighted by Crippen LogP contribution is 2.57. The normalized spacial score (nSPS) is 30.2. The molecule has 4 N–H and O–H groups in total. The molecule has 0 aromatic heterocycles. The van der Waals surface area contributed by atoms with Crippen LogP contribution in [0.1, 0.15) is 70.6 Å². The Kier molecular flexibility index (Phi) is 7.04. The van der Waals surface area contributed by atoms with E-state index in [9.17, 15) is 39.6 Å². The molecule has 1 aromatic rings. The van der Waals surface area contributed by atoms with Gasteiger partial charge in [0, 0.05) is 23.5 Å². The van der Waals surface area contributed by atoms with Crippen molar-refractivity contribution >= 4 is 29.1 Å². The van der Waals surface area contributed by atoms with E-state index in [1.54, 1.807) is 26.0 Å². The molecule has 6 atom stereocenters. The second-order valence-corrected chi connectivity index (χ2v) is 12.2. The van der Waals surface area contributed by atoms with E-state index in [0.29, 0.717) is 11.1 Å². The zero-order valence-electron chi connectivity index (χ0n) is 24.0. The SMILES string of the molecule is CCC(=O)O[C@H]1C2C(=C(O)c3c(ccc(C(C)(C)C)c3O)[C@@H]2C)C(=O)[C@]2(O)C(O)=C(C(C)=O)C(=O)[C@@H](N(C)C)C12. The number of phenolic OH excluding ortho intramolecular Hbond substituents is 1. The van der Waals surface area contributed by atoms with Gasteiger partial charge in [-0.05, 0) is 37.9 Å². The number of rotatable bonds is 4. The highest BCUT2D eigenvalue weighted by molar-refractivity contribution is 6.25. The fourth-order valence-electron chi connectivity index (χ4n) is 6.67. The summed E-state index contributed by atoms with van der Waals surface area (Å²) < 4.78 is 5.85. The number of hydrogen-bond donors (Lipinski definition) is 4. The van der Waals surface area contributed by atoms with Crippen molar-refractivity contribution in [3.05, 3.63) is 45.7 Å². The fourth-order valence-corrected chi connectivity index (χ4v) is 6.67. The van der Waals surface area contributed by atoms with E-state index in [1.807, 2.05) is 20.8 Å². The summed E-state index contributed by atoms with van der Waals surface area (Å²) in [5, 5.41) is 46.3. The van der Waals surface area contributed by atoms with Crippen LogP contribution in [0.25, 0.3) is 5.76 Å². The standard InChI is InChI=1S/C30H37NO9/c1-9-16(33)40-26-17-12(2)14-10-11-15(29(4,5)6)23(34)19(14)24(35)20(17)28(38)30(39)21(26)22(31(7)8)25(36)18(13(3)32)27(30)37/h10-12,17,21-22,26,34-35,37,39H,9H2,1-8H3/t12-,17?,21?,22-,26-,30+/m0/s1. The van der Waals surface area contributed by atoms with Crippen molar-refractivity contribution in [3.63, 3.8) is 0 Å². The number of nitrogens with zero attached hydrogens (tertiary/aromatic N) is 1. The number of carbonyl (C=O) groups excluding carboxylic acids is 4. The molecule has 3 aliphatic carbocycles. The number of carbonyl (C=O) groups is 4. The molecule has 0 aliphatic heterocycles. The van der Waals surface area contributed by atoms with Crippen LogP contribution in [0.2, 0.25) is 0 Å². The Morgan fingerprint density at radius 1 is 1.10 bits per heavy atom. The van der Waals surface area contributed by atoms with Crippen molar-refractivity contribution < 1.29 is 44.3 Å². The minimum absolute atomic E-state index is 0.00782. The van der Waals surface area contributed by atoms with Gasteiger partial charge in [0.05, 0.1) is 17.5 Å². The molecule has 2 unspecified atom stereocenters. The molecule has 0 amide bonds. The van der Waals surface area contributed by atoms with Gasteiger partial charge in [-0.3, -0.25) is 24.1 Å². The van der Waals surface area contributed by atoms with E-state index in [4.69, 9.17) is 4.74 Å². The molecule has 0 spiro atoms. The van der Waals surface area contributed by atoms with Crippen LogP contribution in [-0.4, -0.2) is 80.5 Å². The van der Waals surface area contributed by atoms with Crippen LogP contribution >= 0.6 is 0 Å². The van der Waals surface area contributed by atoms with E-state index in [-0.39, 0.29) is 23.3 Å². The number of esters is 1. The number of phenols is 1. The first-order chi connectivity index (χ1) is 18.4. The van der Waals surface area contributed by atoms with Crippen molar-refractivity contribution in [1.82, 2.24) is 4.90 Å².